The minimum atomic E-state index is -0.502. The molecule has 2 heterocycles. The van der Waals surface area contributed by atoms with Crippen LogP contribution in [-0.4, -0.2) is 40.9 Å². The van der Waals surface area contributed by atoms with Crippen LogP contribution in [0.2, 0.25) is 0 Å². The minimum Gasteiger partial charge on any atom is -0.481 e. The molecule has 1 aliphatic rings. The molecule has 6 heteroatoms. The maximum Gasteiger partial charge on any atom is 0.245 e. The van der Waals surface area contributed by atoms with Gasteiger partial charge >= 0.3 is 0 Å². The van der Waals surface area contributed by atoms with E-state index in [1.54, 1.807) is 25.0 Å². The summed E-state index contributed by atoms with van der Waals surface area (Å²) in [6.45, 7) is 5.86. The van der Waals surface area contributed by atoms with E-state index < -0.39 is 12.1 Å². The first-order valence-corrected chi connectivity index (χ1v) is 7.04. The zero-order chi connectivity index (χ0) is 15.6. The van der Waals surface area contributed by atoms with Crippen molar-refractivity contribution in [3.8, 4) is 5.88 Å². The second-order valence-corrected chi connectivity index (χ2v) is 5.56. The van der Waals surface area contributed by atoms with Crippen LogP contribution in [0.1, 0.15) is 26.5 Å². The van der Waals surface area contributed by atoms with Crippen molar-refractivity contribution in [3.05, 3.63) is 23.9 Å². The summed E-state index contributed by atoms with van der Waals surface area (Å²) in [7, 11) is 1.55. The SMILES string of the molecule is COc1cccc(CN2C(=O)C(C)NC(=O)C2C(C)C)n1. The smallest absolute Gasteiger partial charge is 0.245 e. The molecule has 6 nitrogen and oxygen atoms in total. The largest absolute Gasteiger partial charge is 0.481 e. The first kappa shape index (κ1) is 15.3. The van der Waals surface area contributed by atoms with Crippen LogP contribution >= 0.6 is 0 Å². The highest BCUT2D eigenvalue weighted by Crippen LogP contribution is 2.20. The molecular formula is C15H21N3O3. The molecule has 114 valence electrons. The fourth-order valence-corrected chi connectivity index (χ4v) is 2.56. The van der Waals surface area contributed by atoms with Crippen LogP contribution in [0.3, 0.4) is 0 Å². The summed E-state index contributed by atoms with van der Waals surface area (Å²) in [5, 5.41) is 2.72. The third kappa shape index (κ3) is 3.15. The lowest BCUT2D eigenvalue weighted by Crippen LogP contribution is -2.63. The molecule has 2 amide bonds. The van der Waals surface area contributed by atoms with E-state index in [9.17, 15) is 9.59 Å². The van der Waals surface area contributed by atoms with Crippen molar-refractivity contribution in [2.24, 2.45) is 5.92 Å². The van der Waals surface area contributed by atoms with E-state index in [0.29, 0.717) is 18.1 Å². The standard InChI is InChI=1S/C15H21N3O3/c1-9(2)13-14(19)16-10(3)15(20)18(13)8-11-6-5-7-12(17-11)21-4/h5-7,9-10,13H,8H2,1-4H3,(H,16,19). The summed E-state index contributed by atoms with van der Waals surface area (Å²) in [4.78, 5) is 30.5. The lowest BCUT2D eigenvalue weighted by atomic mass is 9.97. The lowest BCUT2D eigenvalue weighted by molar-refractivity contribution is -0.151. The van der Waals surface area contributed by atoms with Crippen LogP contribution in [0.25, 0.3) is 0 Å². The van der Waals surface area contributed by atoms with Crippen molar-refractivity contribution in [1.29, 1.82) is 0 Å². The van der Waals surface area contributed by atoms with E-state index in [0.717, 1.165) is 0 Å². The molecule has 1 fully saturated rings. The van der Waals surface area contributed by atoms with Crippen LogP contribution in [0.15, 0.2) is 18.2 Å². The maximum atomic E-state index is 12.4. The van der Waals surface area contributed by atoms with Gasteiger partial charge in [-0.05, 0) is 18.9 Å². The van der Waals surface area contributed by atoms with Gasteiger partial charge in [0.15, 0.2) is 0 Å². The first-order valence-electron chi connectivity index (χ1n) is 7.04. The molecule has 0 aromatic carbocycles. The molecule has 1 aliphatic heterocycles. The third-order valence-electron chi connectivity index (χ3n) is 3.57. The van der Waals surface area contributed by atoms with E-state index in [-0.39, 0.29) is 17.7 Å². The normalized spacial score (nSPS) is 22.4. The van der Waals surface area contributed by atoms with E-state index in [1.807, 2.05) is 26.0 Å². The summed E-state index contributed by atoms with van der Waals surface area (Å²) in [5.41, 5.74) is 0.704. The lowest BCUT2D eigenvalue weighted by Gasteiger charge is -2.39. The van der Waals surface area contributed by atoms with Gasteiger partial charge in [0.2, 0.25) is 17.7 Å². The molecule has 0 saturated carbocycles. The predicted octanol–water partition coefficient (Wildman–Crippen LogP) is 0.962. The number of amides is 2. The van der Waals surface area contributed by atoms with Crippen LogP contribution in [0.4, 0.5) is 0 Å². The zero-order valence-corrected chi connectivity index (χ0v) is 12.8. The Morgan fingerprint density at radius 1 is 1.38 bits per heavy atom. The van der Waals surface area contributed by atoms with Crippen molar-refractivity contribution >= 4 is 11.8 Å². The van der Waals surface area contributed by atoms with Gasteiger partial charge in [0.05, 0.1) is 19.3 Å². The van der Waals surface area contributed by atoms with Gasteiger partial charge in [0.1, 0.15) is 12.1 Å². The molecule has 2 atom stereocenters. The van der Waals surface area contributed by atoms with Crippen molar-refractivity contribution in [3.63, 3.8) is 0 Å². The molecule has 21 heavy (non-hydrogen) atoms. The van der Waals surface area contributed by atoms with Gasteiger partial charge in [-0.1, -0.05) is 19.9 Å². The highest BCUT2D eigenvalue weighted by Gasteiger charge is 2.40. The number of carbonyl (C=O) groups excluding carboxylic acids is 2. The number of methoxy groups -OCH3 is 1. The summed E-state index contributed by atoms with van der Waals surface area (Å²) in [5.74, 6) is 0.334. The molecule has 1 aromatic heterocycles. The quantitative estimate of drug-likeness (QED) is 0.897. The summed E-state index contributed by atoms with van der Waals surface area (Å²) in [6, 6.07) is 4.42. The van der Waals surface area contributed by atoms with Gasteiger partial charge in [0.25, 0.3) is 0 Å². The number of hydrogen-bond acceptors (Lipinski definition) is 4. The summed E-state index contributed by atoms with van der Waals surface area (Å²) in [6.07, 6.45) is 0. The second-order valence-electron chi connectivity index (χ2n) is 5.56. The Labute approximate surface area is 124 Å². The van der Waals surface area contributed by atoms with Crippen LogP contribution < -0.4 is 10.1 Å². The average molecular weight is 291 g/mol. The Morgan fingerprint density at radius 2 is 2.10 bits per heavy atom. The Morgan fingerprint density at radius 3 is 2.71 bits per heavy atom. The van der Waals surface area contributed by atoms with Gasteiger partial charge in [0, 0.05) is 6.07 Å². The zero-order valence-electron chi connectivity index (χ0n) is 12.8. The Balaban J connectivity index is 2.28. The summed E-state index contributed by atoms with van der Waals surface area (Å²) < 4.78 is 5.09. The van der Waals surface area contributed by atoms with Gasteiger partial charge in [-0.2, -0.15) is 0 Å². The van der Waals surface area contributed by atoms with E-state index in [1.165, 1.54) is 0 Å². The second kappa shape index (κ2) is 6.11. The fourth-order valence-electron chi connectivity index (χ4n) is 2.56. The van der Waals surface area contributed by atoms with Crippen LogP contribution in [0, 0.1) is 5.92 Å². The number of carbonyl (C=O) groups is 2. The van der Waals surface area contributed by atoms with Crippen LogP contribution in [0.5, 0.6) is 5.88 Å². The van der Waals surface area contributed by atoms with Gasteiger partial charge in [-0.25, -0.2) is 4.98 Å². The number of ether oxygens (including phenoxy) is 1. The molecule has 0 aliphatic carbocycles. The van der Waals surface area contributed by atoms with Gasteiger partial charge in [-0.15, -0.1) is 0 Å². The number of aromatic nitrogens is 1. The average Bonchev–Trinajstić information content (AvgIpc) is 2.44. The van der Waals surface area contributed by atoms with E-state index >= 15 is 0 Å². The molecule has 0 bridgehead atoms. The monoisotopic (exact) mass is 291 g/mol. The number of pyridine rings is 1. The van der Waals surface area contributed by atoms with Crippen molar-refractivity contribution < 1.29 is 14.3 Å². The molecular weight excluding hydrogens is 270 g/mol. The predicted molar refractivity (Wildman–Crippen MR) is 77.6 cm³/mol. The van der Waals surface area contributed by atoms with Crippen molar-refractivity contribution in [2.45, 2.75) is 39.4 Å². The molecule has 0 radical (unpaired) electrons. The highest BCUT2D eigenvalue weighted by atomic mass is 16.5. The van der Waals surface area contributed by atoms with Gasteiger partial charge < -0.3 is 15.0 Å². The Bertz CT molecular complexity index is 545. The number of nitrogens with zero attached hydrogens (tertiary/aromatic N) is 2. The molecule has 1 N–H and O–H groups in total. The molecule has 1 aromatic rings. The van der Waals surface area contributed by atoms with Crippen molar-refractivity contribution in [2.75, 3.05) is 7.11 Å². The molecule has 2 unspecified atom stereocenters. The van der Waals surface area contributed by atoms with E-state index in [4.69, 9.17) is 4.74 Å². The minimum absolute atomic E-state index is 0.0343. The molecule has 2 rings (SSSR count). The topological polar surface area (TPSA) is 71.5 Å². The van der Waals surface area contributed by atoms with Crippen molar-refractivity contribution in [1.82, 2.24) is 15.2 Å². The number of nitrogens with one attached hydrogen (secondary N) is 1. The molecule has 1 saturated heterocycles. The molecule has 0 spiro atoms. The van der Waals surface area contributed by atoms with E-state index in [2.05, 4.69) is 10.3 Å². The number of hydrogen-bond donors (Lipinski definition) is 1. The summed E-state index contributed by atoms with van der Waals surface area (Å²) >= 11 is 0. The highest BCUT2D eigenvalue weighted by molar-refractivity contribution is 5.96. The van der Waals surface area contributed by atoms with Crippen LogP contribution in [-0.2, 0) is 16.1 Å². The first-order chi connectivity index (χ1) is 9.93. The Hall–Kier alpha value is -2.11. The fraction of sp³-hybridized carbons (Fsp3) is 0.533. The third-order valence-corrected chi connectivity index (χ3v) is 3.57. The Kier molecular flexibility index (Phi) is 4.45. The van der Waals surface area contributed by atoms with Gasteiger partial charge in [-0.3, -0.25) is 9.59 Å². The number of rotatable bonds is 4. The number of piperazine rings is 1. The maximum absolute atomic E-state index is 12.4.